The van der Waals surface area contributed by atoms with E-state index in [1.165, 1.54) is 0 Å². The Morgan fingerprint density at radius 2 is 2.00 bits per heavy atom. The first-order chi connectivity index (χ1) is 12.0. The number of methoxy groups -OCH3 is 1. The summed E-state index contributed by atoms with van der Waals surface area (Å²) in [5.74, 6) is 0.970. The lowest BCUT2D eigenvalue weighted by Crippen LogP contribution is -2.45. The molecule has 0 radical (unpaired) electrons. The number of piperidine rings is 1. The maximum Gasteiger partial charge on any atom is 0.254 e. The highest BCUT2D eigenvalue weighted by Crippen LogP contribution is 2.37. The smallest absolute Gasteiger partial charge is 0.254 e. The van der Waals surface area contributed by atoms with E-state index in [4.69, 9.17) is 21.1 Å². The summed E-state index contributed by atoms with van der Waals surface area (Å²) < 4.78 is 11.0. The molecule has 1 amide bonds. The van der Waals surface area contributed by atoms with Gasteiger partial charge in [0.1, 0.15) is 0 Å². The van der Waals surface area contributed by atoms with E-state index in [2.05, 4.69) is 11.8 Å². The van der Waals surface area contributed by atoms with Gasteiger partial charge in [0.15, 0.2) is 11.5 Å². The Bertz CT molecular complexity index is 586. The Labute approximate surface area is 155 Å². The molecule has 0 saturated carbocycles. The number of benzene rings is 1. The van der Waals surface area contributed by atoms with Crippen molar-refractivity contribution in [2.75, 3.05) is 40.4 Å². The summed E-state index contributed by atoms with van der Waals surface area (Å²) in [6.45, 7) is 7.89. The Balaban J connectivity index is 2.14. The van der Waals surface area contributed by atoms with Gasteiger partial charge in [0.05, 0.1) is 18.7 Å². The van der Waals surface area contributed by atoms with Gasteiger partial charge in [-0.3, -0.25) is 4.79 Å². The van der Waals surface area contributed by atoms with Crippen molar-refractivity contribution in [2.45, 2.75) is 39.2 Å². The fourth-order valence-electron chi connectivity index (χ4n) is 3.18. The summed E-state index contributed by atoms with van der Waals surface area (Å²) in [7, 11) is 3.43. The number of hydrogen-bond acceptors (Lipinski definition) is 4. The van der Waals surface area contributed by atoms with E-state index < -0.39 is 0 Å². The predicted octanol–water partition coefficient (Wildman–Crippen LogP) is 3.69. The molecule has 1 heterocycles. The molecule has 0 bridgehead atoms. The van der Waals surface area contributed by atoms with E-state index in [1.54, 1.807) is 19.2 Å². The van der Waals surface area contributed by atoms with Crippen molar-refractivity contribution in [1.82, 2.24) is 9.80 Å². The van der Waals surface area contributed by atoms with Crippen LogP contribution in [-0.2, 0) is 0 Å². The SMILES string of the molecule is CCCOc1c(Cl)cc(C(=O)N(C)C2CCN(CC)CC2)cc1OC. The first kappa shape index (κ1) is 19.9. The number of carbonyl (C=O) groups excluding carboxylic acids is 1. The van der Waals surface area contributed by atoms with E-state index >= 15 is 0 Å². The second-order valence-electron chi connectivity index (χ2n) is 6.42. The molecule has 1 saturated heterocycles. The highest BCUT2D eigenvalue weighted by Gasteiger charge is 2.26. The highest BCUT2D eigenvalue weighted by atomic mass is 35.5. The van der Waals surface area contributed by atoms with Crippen LogP contribution in [0.2, 0.25) is 5.02 Å². The minimum absolute atomic E-state index is 0.0304. The third-order valence-corrected chi connectivity index (χ3v) is 5.08. The van der Waals surface area contributed by atoms with E-state index in [1.807, 2.05) is 18.9 Å². The van der Waals surface area contributed by atoms with Crippen LogP contribution < -0.4 is 9.47 Å². The molecule has 25 heavy (non-hydrogen) atoms. The molecule has 1 aromatic carbocycles. The lowest BCUT2D eigenvalue weighted by atomic mass is 10.0. The van der Waals surface area contributed by atoms with E-state index in [9.17, 15) is 4.79 Å². The van der Waals surface area contributed by atoms with Crippen LogP contribution in [0.5, 0.6) is 11.5 Å². The Morgan fingerprint density at radius 1 is 1.32 bits per heavy atom. The van der Waals surface area contributed by atoms with Crippen molar-refractivity contribution < 1.29 is 14.3 Å². The van der Waals surface area contributed by atoms with Crippen molar-refractivity contribution in [1.29, 1.82) is 0 Å². The number of nitrogens with zero attached hydrogens (tertiary/aromatic N) is 2. The largest absolute Gasteiger partial charge is 0.493 e. The number of amides is 1. The highest BCUT2D eigenvalue weighted by molar-refractivity contribution is 6.32. The number of ether oxygens (including phenoxy) is 2. The zero-order valence-electron chi connectivity index (χ0n) is 15.7. The Kier molecular flexibility index (Phi) is 7.38. The summed E-state index contributed by atoms with van der Waals surface area (Å²) in [5.41, 5.74) is 0.533. The van der Waals surface area contributed by atoms with Crippen LogP contribution in [0.25, 0.3) is 0 Å². The number of rotatable bonds is 7. The van der Waals surface area contributed by atoms with Crippen LogP contribution in [0.15, 0.2) is 12.1 Å². The molecule has 0 aromatic heterocycles. The van der Waals surface area contributed by atoms with Gasteiger partial charge in [-0.05, 0) is 37.9 Å². The zero-order chi connectivity index (χ0) is 18.4. The summed E-state index contributed by atoms with van der Waals surface area (Å²) in [6.07, 6.45) is 2.87. The van der Waals surface area contributed by atoms with Crippen LogP contribution >= 0.6 is 11.6 Å². The average molecular weight is 369 g/mol. The molecular weight excluding hydrogens is 340 g/mol. The van der Waals surface area contributed by atoms with Crippen LogP contribution in [0.4, 0.5) is 0 Å². The molecule has 1 aromatic rings. The first-order valence-corrected chi connectivity index (χ1v) is 9.39. The van der Waals surface area contributed by atoms with Crippen molar-refractivity contribution in [3.8, 4) is 11.5 Å². The Morgan fingerprint density at radius 3 is 2.56 bits per heavy atom. The van der Waals surface area contributed by atoms with Gasteiger partial charge in [-0.2, -0.15) is 0 Å². The van der Waals surface area contributed by atoms with Gasteiger partial charge in [0.2, 0.25) is 0 Å². The Hall–Kier alpha value is -1.46. The maximum atomic E-state index is 12.9. The lowest BCUT2D eigenvalue weighted by molar-refractivity contribution is 0.0646. The van der Waals surface area contributed by atoms with E-state index in [-0.39, 0.29) is 11.9 Å². The summed E-state index contributed by atoms with van der Waals surface area (Å²) in [5, 5.41) is 0.408. The minimum atomic E-state index is -0.0304. The second kappa shape index (κ2) is 9.30. The fraction of sp³-hybridized carbons (Fsp3) is 0.632. The minimum Gasteiger partial charge on any atom is -0.493 e. The van der Waals surface area contributed by atoms with Crippen LogP contribution in [0.1, 0.15) is 43.5 Å². The molecule has 1 aliphatic rings. The molecule has 0 spiro atoms. The number of carbonyl (C=O) groups is 1. The molecular formula is C19H29ClN2O3. The topological polar surface area (TPSA) is 42.0 Å². The molecule has 2 rings (SSSR count). The first-order valence-electron chi connectivity index (χ1n) is 9.01. The molecule has 140 valence electrons. The number of halogens is 1. The van der Waals surface area contributed by atoms with E-state index in [0.717, 1.165) is 38.9 Å². The monoisotopic (exact) mass is 368 g/mol. The maximum absolute atomic E-state index is 12.9. The normalized spacial score (nSPS) is 15.9. The van der Waals surface area contributed by atoms with Crippen LogP contribution in [-0.4, -0.2) is 62.1 Å². The standard InChI is InChI=1S/C19H29ClN2O3/c1-5-11-25-18-16(20)12-14(13-17(18)24-4)19(23)21(3)15-7-9-22(6-2)10-8-15/h12-13,15H,5-11H2,1-4H3. The molecule has 5 nitrogen and oxygen atoms in total. The molecule has 0 unspecified atom stereocenters. The molecule has 0 atom stereocenters. The molecule has 0 N–H and O–H groups in total. The van der Waals surface area contributed by atoms with E-state index in [0.29, 0.717) is 28.7 Å². The summed E-state index contributed by atoms with van der Waals surface area (Å²) in [6, 6.07) is 3.66. The fourth-order valence-corrected chi connectivity index (χ4v) is 3.45. The van der Waals surface area contributed by atoms with Gasteiger partial charge >= 0.3 is 0 Å². The molecule has 1 fully saturated rings. The second-order valence-corrected chi connectivity index (χ2v) is 6.83. The molecule has 1 aliphatic heterocycles. The number of hydrogen-bond donors (Lipinski definition) is 0. The van der Waals surface area contributed by atoms with Crippen molar-refractivity contribution in [2.24, 2.45) is 0 Å². The van der Waals surface area contributed by atoms with Gasteiger partial charge in [0.25, 0.3) is 5.91 Å². The third-order valence-electron chi connectivity index (χ3n) is 4.80. The molecule has 6 heteroatoms. The van der Waals surface area contributed by atoms with Gasteiger partial charge < -0.3 is 19.3 Å². The lowest BCUT2D eigenvalue weighted by Gasteiger charge is -2.36. The van der Waals surface area contributed by atoms with Crippen molar-refractivity contribution >= 4 is 17.5 Å². The van der Waals surface area contributed by atoms with Gasteiger partial charge in [-0.1, -0.05) is 25.4 Å². The van der Waals surface area contributed by atoms with Crippen molar-refractivity contribution in [3.05, 3.63) is 22.7 Å². The summed E-state index contributed by atoms with van der Waals surface area (Å²) >= 11 is 6.34. The van der Waals surface area contributed by atoms with Crippen molar-refractivity contribution in [3.63, 3.8) is 0 Å². The quantitative estimate of drug-likeness (QED) is 0.736. The predicted molar refractivity (Wildman–Crippen MR) is 101 cm³/mol. The third kappa shape index (κ3) is 4.79. The average Bonchev–Trinajstić information content (AvgIpc) is 2.65. The zero-order valence-corrected chi connectivity index (χ0v) is 16.4. The van der Waals surface area contributed by atoms with Crippen LogP contribution in [0, 0.1) is 0 Å². The number of likely N-dealkylation sites (tertiary alicyclic amines) is 1. The van der Waals surface area contributed by atoms with Gasteiger partial charge in [-0.15, -0.1) is 0 Å². The summed E-state index contributed by atoms with van der Waals surface area (Å²) in [4.78, 5) is 17.1. The molecule has 0 aliphatic carbocycles. The van der Waals surface area contributed by atoms with Gasteiger partial charge in [-0.25, -0.2) is 0 Å². The van der Waals surface area contributed by atoms with Gasteiger partial charge in [0, 0.05) is 31.7 Å². The van der Waals surface area contributed by atoms with Crippen LogP contribution in [0.3, 0.4) is 0 Å².